The highest BCUT2D eigenvalue weighted by Gasteiger charge is 2.19. The number of para-hydroxylation sites is 4. The fourth-order valence-corrected chi connectivity index (χ4v) is 15.0. The third kappa shape index (κ3) is 9.28. The third-order valence-corrected chi connectivity index (χ3v) is 19.3. The molecule has 18 aromatic rings. The number of nitrogens with zero attached hydrogens (tertiary/aromatic N) is 6. The van der Waals surface area contributed by atoms with Crippen LogP contribution in [0.3, 0.4) is 0 Å². The molecule has 92 heavy (non-hydrogen) atoms. The Labute approximate surface area is 542 Å². The predicted molar refractivity (Wildman–Crippen MR) is 408 cm³/mol. The first-order valence-electron chi connectivity index (χ1n) is 30.2. The van der Waals surface area contributed by atoms with Crippen LogP contribution in [-0.4, -0.2) is 27.4 Å². The molecule has 0 N–H and O–H groups in total. The van der Waals surface area contributed by atoms with Gasteiger partial charge in [-0.15, -0.1) is 0 Å². The van der Waals surface area contributed by atoms with E-state index in [1.54, 1.807) is 0 Å². The molecule has 0 spiro atoms. The van der Waals surface area contributed by atoms with Crippen molar-refractivity contribution >= 4 is 131 Å². The summed E-state index contributed by atoms with van der Waals surface area (Å²) in [6.45, 7) is 6.35. The Bertz CT molecular complexity index is 5150. The number of aromatic nitrogens is 6. The Balaban J connectivity index is 0.000000177. The molecular formula is C86H86N6. The van der Waals surface area contributed by atoms with E-state index in [4.69, 9.17) is 0 Å². The molecule has 0 bridgehead atoms. The van der Waals surface area contributed by atoms with Crippen molar-refractivity contribution in [1.82, 2.24) is 27.4 Å². The van der Waals surface area contributed by atoms with E-state index in [1.807, 2.05) is 0 Å². The minimum Gasteiger partial charge on any atom is -0.344 e. The summed E-state index contributed by atoms with van der Waals surface area (Å²) >= 11 is 0. The van der Waals surface area contributed by atoms with Gasteiger partial charge in [-0.3, -0.25) is 0 Å². The summed E-state index contributed by atoms with van der Waals surface area (Å²) in [5, 5.41) is 15.7. The summed E-state index contributed by atoms with van der Waals surface area (Å²) in [5.74, 6) is 0. The van der Waals surface area contributed by atoms with Gasteiger partial charge >= 0.3 is 0 Å². The number of aryl methyl sites for hydroxylation is 6. The molecule has 6 heteroatoms. The first-order chi connectivity index (χ1) is 42.2. The maximum absolute atomic E-state index is 2.44. The van der Waals surface area contributed by atoms with Crippen LogP contribution in [0.4, 0.5) is 0 Å². The third-order valence-electron chi connectivity index (χ3n) is 19.3. The standard InChI is InChI=1S/2C40H31N3.6CH4/c2*1-4-43-39-19-15-27(25-13-17-37-31(21-25)29-9-5-7-11-35(29)41(37)2)23-33(39)34-24-28(16-20-40(34)43)26-14-18-38-32(22-26)30-10-6-8-12-36(30)42(38)3;;;;;;/h2*5-24H,4H2,1-3H3;6*1H4. The smallest absolute Gasteiger partial charge is 0.0491 e. The molecule has 0 aliphatic heterocycles. The van der Waals surface area contributed by atoms with Gasteiger partial charge in [0.1, 0.15) is 0 Å². The van der Waals surface area contributed by atoms with Crippen molar-refractivity contribution in [3.8, 4) is 44.5 Å². The number of fused-ring (bicyclic) bond motifs is 18. The molecule has 0 aliphatic carbocycles. The lowest BCUT2D eigenvalue weighted by Gasteiger charge is -2.06. The summed E-state index contributed by atoms with van der Waals surface area (Å²) in [7, 11) is 8.63. The van der Waals surface area contributed by atoms with Crippen LogP contribution in [0.25, 0.3) is 175 Å². The van der Waals surface area contributed by atoms with Gasteiger partial charge < -0.3 is 27.4 Å². The van der Waals surface area contributed by atoms with Crippen LogP contribution in [-0.2, 0) is 41.3 Å². The molecule has 18 rings (SSSR count). The highest BCUT2D eigenvalue weighted by Crippen LogP contribution is 2.42. The summed E-state index contributed by atoms with van der Waals surface area (Å²) in [4.78, 5) is 0. The van der Waals surface area contributed by atoms with Crippen molar-refractivity contribution in [1.29, 1.82) is 0 Å². The molecule has 0 aliphatic rings. The quantitative estimate of drug-likeness (QED) is 0.159. The van der Waals surface area contributed by atoms with Gasteiger partial charge in [0.15, 0.2) is 0 Å². The Morgan fingerprint density at radius 1 is 0.185 bits per heavy atom. The maximum Gasteiger partial charge on any atom is 0.0491 e. The van der Waals surface area contributed by atoms with Crippen LogP contribution >= 0.6 is 0 Å². The molecule has 0 unspecified atom stereocenters. The molecular weight excluding hydrogens is 1120 g/mol. The lowest BCUT2D eigenvalue weighted by molar-refractivity contribution is 0.827. The minimum absolute atomic E-state index is 0. The summed E-state index contributed by atoms with van der Waals surface area (Å²) in [6.07, 6.45) is 0. The molecule has 460 valence electrons. The molecule has 0 saturated carbocycles. The van der Waals surface area contributed by atoms with Crippen LogP contribution in [0.15, 0.2) is 243 Å². The molecule has 12 aromatic carbocycles. The zero-order chi connectivity index (χ0) is 57.6. The molecule has 0 radical (unpaired) electrons. The highest BCUT2D eigenvalue weighted by molar-refractivity contribution is 6.16. The minimum atomic E-state index is 0. The van der Waals surface area contributed by atoms with Gasteiger partial charge in [-0.25, -0.2) is 0 Å². The fourth-order valence-electron chi connectivity index (χ4n) is 15.0. The fraction of sp³-hybridized carbons (Fsp3) is 0.163. The lowest BCUT2D eigenvalue weighted by Crippen LogP contribution is -1.92. The van der Waals surface area contributed by atoms with E-state index in [0.29, 0.717) is 0 Å². The largest absolute Gasteiger partial charge is 0.344 e. The zero-order valence-corrected chi connectivity index (χ0v) is 49.2. The number of hydrogen-bond donors (Lipinski definition) is 0. The Morgan fingerprint density at radius 2 is 0.337 bits per heavy atom. The highest BCUT2D eigenvalue weighted by atomic mass is 15.0. The van der Waals surface area contributed by atoms with Crippen molar-refractivity contribution in [3.63, 3.8) is 0 Å². The maximum atomic E-state index is 2.44. The molecule has 0 fully saturated rings. The number of rotatable bonds is 6. The van der Waals surface area contributed by atoms with Crippen molar-refractivity contribution < 1.29 is 0 Å². The topological polar surface area (TPSA) is 29.6 Å². The SMILES string of the molecule is C.C.C.C.C.C.CCn1c2ccc(-c3ccc4c(c3)c3ccccc3n4C)cc2c2cc(-c3ccc4c(c3)c3ccccc3n4C)ccc21.CCn1c2ccc(-c3ccc4c(c3)c3ccccc3n4C)cc2c2cc(-c3ccc4c(c3)c3ccccc3n4C)ccc21. The molecule has 6 nitrogen and oxygen atoms in total. The summed E-state index contributed by atoms with van der Waals surface area (Å²) < 4.78 is 14.1. The van der Waals surface area contributed by atoms with Gasteiger partial charge in [0.2, 0.25) is 0 Å². The average Bonchev–Trinajstić information content (AvgIpc) is 1.73. The van der Waals surface area contributed by atoms with E-state index < -0.39 is 0 Å². The van der Waals surface area contributed by atoms with Crippen LogP contribution < -0.4 is 0 Å². The van der Waals surface area contributed by atoms with Crippen LogP contribution in [0.5, 0.6) is 0 Å². The Morgan fingerprint density at radius 3 is 0.522 bits per heavy atom. The van der Waals surface area contributed by atoms with Crippen LogP contribution in [0, 0.1) is 0 Å². The summed E-state index contributed by atoms with van der Waals surface area (Å²) in [5.41, 5.74) is 25.3. The monoisotopic (exact) mass is 1200 g/mol. The van der Waals surface area contributed by atoms with E-state index in [-0.39, 0.29) is 44.6 Å². The second-order valence-electron chi connectivity index (χ2n) is 23.6. The Hall–Kier alpha value is -10.6. The molecule has 0 amide bonds. The van der Waals surface area contributed by atoms with Crippen LogP contribution in [0.1, 0.15) is 58.4 Å². The van der Waals surface area contributed by atoms with E-state index in [1.165, 1.54) is 175 Å². The van der Waals surface area contributed by atoms with E-state index in [2.05, 4.69) is 312 Å². The molecule has 0 saturated heterocycles. The molecule has 6 heterocycles. The van der Waals surface area contributed by atoms with Gasteiger partial charge in [0.05, 0.1) is 0 Å². The van der Waals surface area contributed by atoms with E-state index in [9.17, 15) is 0 Å². The lowest BCUT2D eigenvalue weighted by atomic mass is 9.98. The summed E-state index contributed by atoms with van der Waals surface area (Å²) in [6, 6.07) is 90.3. The zero-order valence-electron chi connectivity index (χ0n) is 49.2. The second kappa shape index (κ2) is 24.0. The van der Waals surface area contributed by atoms with Gasteiger partial charge in [0.25, 0.3) is 0 Å². The number of hydrogen-bond acceptors (Lipinski definition) is 0. The van der Waals surface area contributed by atoms with E-state index in [0.717, 1.165) is 13.1 Å². The van der Waals surface area contributed by atoms with Gasteiger partial charge in [-0.05, 0) is 180 Å². The molecule has 6 aromatic heterocycles. The Kier molecular flexibility index (Phi) is 16.4. The van der Waals surface area contributed by atoms with Crippen molar-refractivity contribution in [2.24, 2.45) is 28.2 Å². The second-order valence-corrected chi connectivity index (χ2v) is 23.6. The predicted octanol–water partition coefficient (Wildman–Crippen LogP) is 24.7. The van der Waals surface area contributed by atoms with Crippen LogP contribution in [0.2, 0.25) is 0 Å². The van der Waals surface area contributed by atoms with Gasteiger partial charge in [0, 0.05) is 172 Å². The van der Waals surface area contributed by atoms with Gasteiger partial charge in [-0.2, -0.15) is 0 Å². The first kappa shape index (κ1) is 63.0. The van der Waals surface area contributed by atoms with Crippen molar-refractivity contribution in [2.45, 2.75) is 71.5 Å². The van der Waals surface area contributed by atoms with E-state index >= 15 is 0 Å². The number of benzene rings is 12. The van der Waals surface area contributed by atoms with Crippen molar-refractivity contribution in [3.05, 3.63) is 243 Å². The molecule has 0 atom stereocenters. The van der Waals surface area contributed by atoms with Crippen molar-refractivity contribution in [2.75, 3.05) is 0 Å². The average molecular weight is 1200 g/mol. The normalized spacial score (nSPS) is 11.4. The first-order valence-corrected chi connectivity index (χ1v) is 30.2. The van der Waals surface area contributed by atoms with Gasteiger partial charge in [-0.1, -0.05) is 166 Å².